The molecule has 0 heterocycles. The predicted molar refractivity (Wildman–Crippen MR) is 65.7 cm³/mol. The SMILES string of the molecule is CCCCCC(C)(C)CNC(=O)C(C)C#N. The quantitative estimate of drug-likeness (QED) is 0.676. The molecule has 0 rings (SSSR count). The summed E-state index contributed by atoms with van der Waals surface area (Å²) in [7, 11) is 0. The highest BCUT2D eigenvalue weighted by Crippen LogP contribution is 2.22. The molecule has 16 heavy (non-hydrogen) atoms. The van der Waals surface area contributed by atoms with Crippen molar-refractivity contribution in [2.45, 2.75) is 53.4 Å². The highest BCUT2D eigenvalue weighted by molar-refractivity contribution is 5.80. The fourth-order valence-electron chi connectivity index (χ4n) is 1.48. The Hall–Kier alpha value is -1.04. The molecule has 0 aromatic carbocycles. The molecule has 3 heteroatoms. The lowest BCUT2D eigenvalue weighted by Crippen LogP contribution is -2.36. The van der Waals surface area contributed by atoms with Crippen LogP contribution in [0.2, 0.25) is 0 Å². The molecule has 0 aliphatic rings. The van der Waals surface area contributed by atoms with Crippen molar-refractivity contribution < 1.29 is 4.79 Å². The van der Waals surface area contributed by atoms with E-state index in [-0.39, 0.29) is 11.3 Å². The number of hydrogen-bond acceptors (Lipinski definition) is 2. The van der Waals surface area contributed by atoms with Crippen LogP contribution in [-0.4, -0.2) is 12.5 Å². The summed E-state index contributed by atoms with van der Waals surface area (Å²) >= 11 is 0. The lowest BCUT2D eigenvalue weighted by Gasteiger charge is -2.25. The van der Waals surface area contributed by atoms with Crippen molar-refractivity contribution in [1.29, 1.82) is 5.26 Å². The lowest BCUT2D eigenvalue weighted by atomic mass is 9.87. The van der Waals surface area contributed by atoms with Gasteiger partial charge < -0.3 is 5.32 Å². The molecule has 3 nitrogen and oxygen atoms in total. The second-order valence-corrected chi connectivity index (χ2v) is 5.19. The molecule has 0 spiro atoms. The van der Waals surface area contributed by atoms with Crippen LogP contribution in [0.1, 0.15) is 53.4 Å². The van der Waals surface area contributed by atoms with E-state index in [2.05, 4.69) is 26.1 Å². The van der Waals surface area contributed by atoms with Crippen LogP contribution >= 0.6 is 0 Å². The van der Waals surface area contributed by atoms with E-state index >= 15 is 0 Å². The van der Waals surface area contributed by atoms with Gasteiger partial charge in [0.15, 0.2) is 0 Å². The Bertz CT molecular complexity index is 253. The topological polar surface area (TPSA) is 52.9 Å². The van der Waals surface area contributed by atoms with Crippen molar-refractivity contribution in [3.8, 4) is 6.07 Å². The van der Waals surface area contributed by atoms with Gasteiger partial charge in [-0.1, -0.05) is 40.0 Å². The molecule has 1 unspecified atom stereocenters. The van der Waals surface area contributed by atoms with Gasteiger partial charge in [0.1, 0.15) is 5.92 Å². The second kappa shape index (κ2) is 7.27. The molecular weight excluding hydrogens is 200 g/mol. The zero-order valence-electron chi connectivity index (χ0n) is 11.0. The van der Waals surface area contributed by atoms with E-state index in [0.717, 1.165) is 6.42 Å². The molecule has 0 aliphatic carbocycles. The summed E-state index contributed by atoms with van der Waals surface area (Å²) in [5.41, 5.74) is 0.125. The van der Waals surface area contributed by atoms with E-state index < -0.39 is 5.92 Å². The van der Waals surface area contributed by atoms with Crippen molar-refractivity contribution >= 4 is 5.91 Å². The largest absolute Gasteiger partial charge is 0.354 e. The van der Waals surface area contributed by atoms with E-state index in [1.165, 1.54) is 19.3 Å². The van der Waals surface area contributed by atoms with Gasteiger partial charge in [0.25, 0.3) is 0 Å². The summed E-state index contributed by atoms with van der Waals surface area (Å²) < 4.78 is 0. The molecule has 0 bridgehead atoms. The van der Waals surface area contributed by atoms with Gasteiger partial charge in [-0.2, -0.15) is 5.26 Å². The number of rotatable bonds is 7. The van der Waals surface area contributed by atoms with Gasteiger partial charge in [0.2, 0.25) is 5.91 Å². The van der Waals surface area contributed by atoms with Crippen molar-refractivity contribution in [1.82, 2.24) is 5.32 Å². The van der Waals surface area contributed by atoms with Crippen molar-refractivity contribution in [3.63, 3.8) is 0 Å². The maximum absolute atomic E-state index is 11.4. The number of nitriles is 1. The Morgan fingerprint density at radius 2 is 2.06 bits per heavy atom. The van der Waals surface area contributed by atoms with Crippen LogP contribution in [-0.2, 0) is 4.79 Å². The molecule has 0 aromatic heterocycles. The average molecular weight is 224 g/mol. The first-order valence-corrected chi connectivity index (χ1v) is 6.10. The molecule has 0 radical (unpaired) electrons. The molecule has 0 saturated carbocycles. The van der Waals surface area contributed by atoms with Gasteiger partial charge in [-0.15, -0.1) is 0 Å². The molecular formula is C13H24N2O. The van der Waals surface area contributed by atoms with Crippen LogP contribution in [0.5, 0.6) is 0 Å². The third kappa shape index (κ3) is 6.44. The van der Waals surface area contributed by atoms with Gasteiger partial charge in [-0.05, 0) is 18.8 Å². The van der Waals surface area contributed by atoms with Crippen LogP contribution in [0.4, 0.5) is 0 Å². The van der Waals surface area contributed by atoms with Gasteiger partial charge in [-0.3, -0.25) is 4.79 Å². The first-order chi connectivity index (χ1) is 7.43. The van der Waals surface area contributed by atoms with Gasteiger partial charge >= 0.3 is 0 Å². The lowest BCUT2D eigenvalue weighted by molar-refractivity contribution is -0.123. The summed E-state index contributed by atoms with van der Waals surface area (Å²) in [6, 6.07) is 1.94. The Morgan fingerprint density at radius 3 is 2.56 bits per heavy atom. The van der Waals surface area contributed by atoms with Crippen LogP contribution < -0.4 is 5.32 Å². The first kappa shape index (κ1) is 15.0. The van der Waals surface area contributed by atoms with Crippen LogP contribution in [0.25, 0.3) is 0 Å². The number of nitrogens with one attached hydrogen (secondary N) is 1. The Morgan fingerprint density at radius 1 is 1.44 bits per heavy atom. The number of unbranched alkanes of at least 4 members (excludes halogenated alkanes) is 2. The number of hydrogen-bond donors (Lipinski definition) is 1. The molecule has 92 valence electrons. The standard InChI is InChI=1S/C13H24N2O/c1-5-6-7-8-13(3,4)10-15-12(16)11(2)9-14/h11H,5-8,10H2,1-4H3,(H,15,16). The van der Waals surface area contributed by atoms with Crippen LogP contribution in [0.15, 0.2) is 0 Å². The Kier molecular flexibility index (Phi) is 6.80. The van der Waals surface area contributed by atoms with Gasteiger partial charge in [0.05, 0.1) is 6.07 Å². The third-order valence-corrected chi connectivity index (χ3v) is 2.79. The molecule has 0 saturated heterocycles. The van der Waals surface area contributed by atoms with E-state index in [4.69, 9.17) is 5.26 Å². The second-order valence-electron chi connectivity index (χ2n) is 5.19. The molecule has 0 aromatic rings. The molecule has 0 fully saturated rings. The molecule has 1 atom stereocenters. The monoisotopic (exact) mass is 224 g/mol. The van der Waals surface area contributed by atoms with Crippen molar-refractivity contribution in [2.24, 2.45) is 11.3 Å². The number of carbonyl (C=O) groups is 1. The first-order valence-electron chi connectivity index (χ1n) is 6.10. The zero-order chi connectivity index (χ0) is 12.6. The van der Waals surface area contributed by atoms with Crippen molar-refractivity contribution in [2.75, 3.05) is 6.54 Å². The summed E-state index contributed by atoms with van der Waals surface area (Å²) in [6.45, 7) is 8.77. The van der Waals surface area contributed by atoms with Crippen LogP contribution in [0, 0.1) is 22.7 Å². The normalized spacial score (nSPS) is 12.9. The number of carbonyl (C=O) groups excluding carboxylic acids is 1. The molecule has 1 amide bonds. The smallest absolute Gasteiger partial charge is 0.237 e. The summed E-state index contributed by atoms with van der Waals surface area (Å²) in [5, 5.41) is 11.4. The fourth-order valence-corrected chi connectivity index (χ4v) is 1.48. The molecule has 1 N–H and O–H groups in total. The number of amides is 1. The molecule has 0 aliphatic heterocycles. The van der Waals surface area contributed by atoms with E-state index in [9.17, 15) is 4.79 Å². The van der Waals surface area contributed by atoms with Crippen molar-refractivity contribution in [3.05, 3.63) is 0 Å². The summed E-state index contributed by atoms with van der Waals surface area (Å²) in [4.78, 5) is 11.4. The van der Waals surface area contributed by atoms with E-state index in [1.54, 1.807) is 6.92 Å². The summed E-state index contributed by atoms with van der Waals surface area (Å²) in [6.07, 6.45) is 4.77. The minimum absolute atomic E-state index is 0.125. The highest BCUT2D eigenvalue weighted by Gasteiger charge is 2.20. The Labute approximate surface area is 99.2 Å². The predicted octanol–water partition coefficient (Wildman–Crippen LogP) is 2.87. The van der Waals surface area contributed by atoms with Gasteiger partial charge in [-0.25, -0.2) is 0 Å². The van der Waals surface area contributed by atoms with E-state index in [0.29, 0.717) is 6.54 Å². The Balaban J connectivity index is 3.90. The number of nitrogens with zero attached hydrogens (tertiary/aromatic N) is 1. The summed E-state index contributed by atoms with van der Waals surface area (Å²) in [5.74, 6) is -0.711. The zero-order valence-corrected chi connectivity index (χ0v) is 11.0. The maximum atomic E-state index is 11.4. The minimum Gasteiger partial charge on any atom is -0.354 e. The average Bonchev–Trinajstić information content (AvgIpc) is 2.25. The minimum atomic E-state index is -0.550. The van der Waals surface area contributed by atoms with Gasteiger partial charge in [0, 0.05) is 6.54 Å². The van der Waals surface area contributed by atoms with E-state index in [1.807, 2.05) is 6.07 Å². The highest BCUT2D eigenvalue weighted by atomic mass is 16.1. The third-order valence-electron chi connectivity index (χ3n) is 2.79. The van der Waals surface area contributed by atoms with Crippen LogP contribution in [0.3, 0.4) is 0 Å². The fraction of sp³-hybridized carbons (Fsp3) is 0.846. The maximum Gasteiger partial charge on any atom is 0.237 e.